The standard InChI is InChI=1S/C74H84ClF7N8O8/c1-84(34-14-35-86(3)69(94)61-27-26-58(47-63(61)75)83-33-13-5-8-21-66(91)85(2)41-42-87-36-28-59(29-37-87)90(70(95)96)64-20-12-10-18-60(64)51-15-6-4-7-16-51)67(92)48-97-65-45-52-17-9-11-19-62(52)71(65)30-38-88(39-31-71)40-32-72(54-22-24-57(76)25-23-54)49-89(50-98-72)68(93)53-43-55(73(77,78)79)46-56(44-53)74(80,81)82/h4,6-7,9-12,15-20,22-27,43-44,46-47,59,65,83H,5,8,13-14,21,28-42,45,48-50H2,1-3H3,(H,95,96)/t65-,72-/m0/s1. The van der Waals surface area contributed by atoms with E-state index in [2.05, 4.69) is 27.2 Å². The van der Waals surface area contributed by atoms with Crippen molar-refractivity contribution in [1.82, 2.24) is 29.4 Å². The highest BCUT2D eigenvalue weighted by Crippen LogP contribution is 2.49. The summed E-state index contributed by atoms with van der Waals surface area (Å²) in [7, 11) is 5.22. The lowest BCUT2D eigenvalue weighted by Gasteiger charge is -2.44. The molecule has 98 heavy (non-hydrogen) atoms. The summed E-state index contributed by atoms with van der Waals surface area (Å²) in [4.78, 5) is 78.8. The van der Waals surface area contributed by atoms with Gasteiger partial charge in [-0.3, -0.25) is 24.1 Å². The summed E-state index contributed by atoms with van der Waals surface area (Å²) in [6.45, 7) is 4.91. The van der Waals surface area contributed by atoms with E-state index in [1.54, 1.807) is 40.9 Å². The number of anilines is 2. The normalized spacial score (nSPS) is 18.2. The second-order valence-corrected chi connectivity index (χ2v) is 26.6. The summed E-state index contributed by atoms with van der Waals surface area (Å²) in [6.07, 6.45) is -4.72. The number of carbonyl (C=O) groups excluding carboxylic acids is 4. The Kier molecular flexibility index (Phi) is 23.6. The van der Waals surface area contributed by atoms with Crippen LogP contribution in [0, 0.1) is 5.82 Å². The van der Waals surface area contributed by atoms with Crippen LogP contribution in [0.4, 0.5) is 46.9 Å². The first-order valence-corrected chi connectivity index (χ1v) is 33.8. The number of carbonyl (C=O) groups is 5. The highest BCUT2D eigenvalue weighted by Gasteiger charge is 2.50. The van der Waals surface area contributed by atoms with Crippen LogP contribution in [0.1, 0.15) is 113 Å². The third kappa shape index (κ3) is 17.5. The minimum Gasteiger partial charge on any atom is -0.465 e. The van der Waals surface area contributed by atoms with Gasteiger partial charge in [0.1, 0.15) is 24.8 Å². The van der Waals surface area contributed by atoms with Crippen molar-refractivity contribution < 1.29 is 69.3 Å². The molecule has 4 aliphatic rings. The first-order valence-electron chi connectivity index (χ1n) is 33.4. The van der Waals surface area contributed by atoms with Crippen LogP contribution < -0.4 is 10.2 Å². The lowest BCUT2D eigenvalue weighted by Crippen LogP contribution is -2.50. The van der Waals surface area contributed by atoms with Crippen LogP contribution in [-0.2, 0) is 48.9 Å². The first kappa shape index (κ1) is 72.6. The Morgan fingerprint density at radius 3 is 2.02 bits per heavy atom. The van der Waals surface area contributed by atoms with E-state index < -0.39 is 64.6 Å². The van der Waals surface area contributed by atoms with Gasteiger partial charge in [-0.25, -0.2) is 9.18 Å². The summed E-state index contributed by atoms with van der Waals surface area (Å²) in [5.74, 6) is -2.01. The Balaban J connectivity index is 0.623. The van der Waals surface area contributed by atoms with E-state index in [1.807, 2.05) is 79.8 Å². The number of benzene rings is 6. The monoisotopic (exact) mass is 1380 g/mol. The van der Waals surface area contributed by atoms with Crippen LogP contribution >= 0.6 is 11.6 Å². The van der Waals surface area contributed by atoms with Gasteiger partial charge in [-0.1, -0.05) is 103 Å². The number of piperidine rings is 2. The molecular formula is C74H84ClF7N8O8. The molecule has 0 unspecified atom stereocenters. The average Bonchev–Trinajstić information content (AvgIpc) is 1.59. The van der Waals surface area contributed by atoms with Crippen LogP contribution in [0.3, 0.4) is 0 Å². The van der Waals surface area contributed by atoms with Gasteiger partial charge in [-0.2, -0.15) is 26.3 Å². The number of fused-ring (bicyclic) bond motifs is 2. The van der Waals surface area contributed by atoms with Crippen molar-refractivity contribution in [1.29, 1.82) is 0 Å². The van der Waals surface area contributed by atoms with Crippen molar-refractivity contribution >= 4 is 52.7 Å². The number of para-hydroxylation sites is 1. The van der Waals surface area contributed by atoms with Crippen LogP contribution in [0.2, 0.25) is 5.02 Å². The summed E-state index contributed by atoms with van der Waals surface area (Å²) in [5.41, 5.74) is 0.698. The number of halogens is 8. The van der Waals surface area contributed by atoms with Gasteiger partial charge >= 0.3 is 18.4 Å². The molecule has 5 amide bonds. The van der Waals surface area contributed by atoms with Crippen LogP contribution in [0.25, 0.3) is 11.1 Å². The Morgan fingerprint density at radius 1 is 0.694 bits per heavy atom. The lowest BCUT2D eigenvalue weighted by molar-refractivity contribution is -0.143. The Morgan fingerprint density at radius 2 is 1.34 bits per heavy atom. The molecule has 24 heteroatoms. The Bertz CT molecular complexity index is 3730. The van der Waals surface area contributed by atoms with Crippen molar-refractivity contribution in [2.24, 2.45) is 0 Å². The fourth-order valence-corrected chi connectivity index (χ4v) is 14.4. The maximum atomic E-state index is 14.2. The van der Waals surface area contributed by atoms with Crippen molar-refractivity contribution in [2.45, 2.75) is 106 Å². The summed E-state index contributed by atoms with van der Waals surface area (Å²) in [6, 6.07) is 36.8. The molecule has 6 aromatic rings. The molecule has 0 aromatic heterocycles. The number of likely N-dealkylation sites (N-methyl/N-ethyl adjacent to an activating group) is 2. The highest BCUT2D eigenvalue weighted by atomic mass is 35.5. The van der Waals surface area contributed by atoms with E-state index in [0.717, 1.165) is 65.2 Å². The molecule has 3 aliphatic heterocycles. The average molecular weight is 1380 g/mol. The van der Waals surface area contributed by atoms with Gasteiger partial charge in [0.25, 0.3) is 11.8 Å². The van der Waals surface area contributed by atoms with E-state index in [4.69, 9.17) is 21.1 Å². The number of ether oxygens (including phenoxy) is 2. The minimum atomic E-state index is -5.15. The molecule has 10 rings (SSSR count). The van der Waals surface area contributed by atoms with Gasteiger partial charge in [0.2, 0.25) is 11.8 Å². The number of nitrogens with one attached hydrogen (secondary N) is 1. The highest BCUT2D eigenvalue weighted by molar-refractivity contribution is 6.34. The number of amides is 5. The first-order chi connectivity index (χ1) is 46.8. The molecule has 0 radical (unpaired) electrons. The van der Waals surface area contributed by atoms with Crippen molar-refractivity contribution in [3.8, 4) is 11.1 Å². The summed E-state index contributed by atoms with van der Waals surface area (Å²) >= 11 is 6.68. The van der Waals surface area contributed by atoms with Gasteiger partial charge in [0.05, 0.1) is 40.0 Å². The molecule has 524 valence electrons. The van der Waals surface area contributed by atoms with E-state index in [0.29, 0.717) is 131 Å². The molecule has 3 heterocycles. The van der Waals surface area contributed by atoms with Gasteiger partial charge in [-0.15, -0.1) is 0 Å². The zero-order valence-corrected chi connectivity index (χ0v) is 56.1. The summed E-state index contributed by atoms with van der Waals surface area (Å²) < 4.78 is 110. The fraction of sp³-hybridized carbons (Fsp3) is 0.446. The number of carboxylic acid groups (broad SMARTS) is 1. The quantitative estimate of drug-likeness (QED) is 0.0393. The van der Waals surface area contributed by atoms with Gasteiger partial charge in [0, 0.05) is 108 Å². The van der Waals surface area contributed by atoms with Crippen LogP contribution in [-0.4, -0.2) is 183 Å². The topological polar surface area (TPSA) is 159 Å². The molecule has 2 atom stereocenters. The number of nitrogens with zero attached hydrogens (tertiary/aromatic N) is 7. The zero-order valence-electron chi connectivity index (χ0n) is 55.4. The Hall–Kier alpha value is -8.09. The number of likely N-dealkylation sites (tertiary alicyclic amines) is 2. The van der Waals surface area contributed by atoms with Crippen LogP contribution in [0.5, 0.6) is 0 Å². The number of rotatable bonds is 26. The maximum Gasteiger partial charge on any atom is 0.416 e. The molecule has 6 aromatic carbocycles. The molecule has 0 bridgehead atoms. The third-order valence-electron chi connectivity index (χ3n) is 19.9. The molecule has 3 fully saturated rings. The molecule has 3 saturated heterocycles. The van der Waals surface area contributed by atoms with E-state index >= 15 is 0 Å². The number of unbranched alkanes of at least 4 members (excludes halogenated alkanes) is 2. The molecule has 1 aliphatic carbocycles. The smallest absolute Gasteiger partial charge is 0.416 e. The fourth-order valence-electron chi connectivity index (χ4n) is 14.2. The molecular weight excluding hydrogens is 1300 g/mol. The molecule has 16 nitrogen and oxygen atoms in total. The lowest BCUT2D eigenvalue weighted by atomic mass is 9.72. The second-order valence-electron chi connectivity index (χ2n) is 26.2. The van der Waals surface area contributed by atoms with Crippen molar-refractivity contribution in [3.63, 3.8) is 0 Å². The van der Waals surface area contributed by atoms with Crippen molar-refractivity contribution in [2.75, 3.05) is 117 Å². The summed E-state index contributed by atoms with van der Waals surface area (Å²) in [5, 5.41) is 14.0. The molecule has 2 N–H and O–H groups in total. The number of hydrogen-bond acceptors (Lipinski definition) is 10. The van der Waals surface area contributed by atoms with Gasteiger partial charge in [0.15, 0.2) is 0 Å². The Labute approximate surface area is 572 Å². The predicted octanol–water partition coefficient (Wildman–Crippen LogP) is 13.6. The van der Waals surface area contributed by atoms with Crippen LogP contribution in [0.15, 0.2) is 140 Å². The molecule has 0 saturated carbocycles. The number of hydrogen-bond donors (Lipinski definition) is 2. The van der Waals surface area contributed by atoms with E-state index in [9.17, 15) is 59.8 Å². The third-order valence-corrected chi connectivity index (χ3v) is 20.2. The minimum absolute atomic E-state index is 0.0318. The zero-order chi connectivity index (χ0) is 69.9. The van der Waals surface area contributed by atoms with E-state index in [1.165, 1.54) is 29.2 Å². The van der Waals surface area contributed by atoms with Gasteiger partial charge in [-0.05, 0) is 148 Å². The van der Waals surface area contributed by atoms with E-state index in [-0.39, 0.29) is 55.5 Å². The molecule has 1 spiro atoms. The second kappa shape index (κ2) is 31.8. The SMILES string of the molecule is CN(CCN1CCC(N(C(=O)O)c2ccccc2-c2ccccc2)CC1)C(=O)CCCCCNc1ccc(C(=O)N(C)CCCN(C)C(=O)CO[C@H]2Cc3ccccc3C23CCN(CC[C@@]2(c4ccc(F)cc4)CN(C(=O)c4cc(C(F)(F)F)cc(C(F)(F)F)c4)CO2)CC3)c(Cl)c1. The van der Waals surface area contributed by atoms with Gasteiger partial charge < -0.3 is 49.3 Å². The largest absolute Gasteiger partial charge is 0.465 e. The van der Waals surface area contributed by atoms with Crippen molar-refractivity contribution in [3.05, 3.63) is 189 Å². The number of alkyl halides is 6. The predicted molar refractivity (Wildman–Crippen MR) is 360 cm³/mol. The maximum absolute atomic E-state index is 14.2.